The van der Waals surface area contributed by atoms with E-state index in [2.05, 4.69) is 4.98 Å². The Hall–Kier alpha value is -3.22. The van der Waals surface area contributed by atoms with Crippen LogP contribution in [0.3, 0.4) is 0 Å². The molecule has 0 saturated heterocycles. The first-order valence-corrected chi connectivity index (χ1v) is 10.2. The lowest BCUT2D eigenvalue weighted by Crippen LogP contribution is -2.51. The number of nitrogens with two attached hydrogens (primary N) is 1. The van der Waals surface area contributed by atoms with E-state index in [1.807, 2.05) is 61.5 Å². The highest BCUT2D eigenvalue weighted by atomic mass is 16.3. The average molecular weight is 401 g/mol. The van der Waals surface area contributed by atoms with Crippen LogP contribution in [0.15, 0.2) is 70.1 Å². The topological polar surface area (TPSA) is 94.3 Å². The molecule has 0 atom stereocenters. The Bertz CT molecular complexity index is 1270. The van der Waals surface area contributed by atoms with Crippen LogP contribution in [0, 0.1) is 0 Å². The minimum Gasteiger partial charge on any atom is -0.437 e. The number of benzene rings is 2. The maximum absolute atomic E-state index is 13.1. The first kappa shape index (κ1) is 18.8. The molecule has 0 spiro atoms. The van der Waals surface area contributed by atoms with Gasteiger partial charge >= 0.3 is 0 Å². The van der Waals surface area contributed by atoms with Crippen LogP contribution in [0.1, 0.15) is 25.3 Å². The number of hydrogen-bond acceptors (Lipinski definition) is 5. The summed E-state index contributed by atoms with van der Waals surface area (Å²) in [6.45, 7) is 2.45. The van der Waals surface area contributed by atoms with Crippen LogP contribution in [-0.2, 0) is 12.1 Å². The molecule has 0 bridgehead atoms. The highest BCUT2D eigenvalue weighted by Gasteiger charge is 2.41. The maximum Gasteiger partial charge on any atom is 0.265 e. The predicted molar refractivity (Wildman–Crippen MR) is 116 cm³/mol. The van der Waals surface area contributed by atoms with Crippen molar-refractivity contribution in [3.63, 3.8) is 0 Å². The molecule has 0 unspecified atom stereocenters. The molecular weight excluding hydrogens is 378 g/mol. The Balaban J connectivity index is 1.69. The minimum absolute atomic E-state index is 0.114. The molecule has 30 heavy (non-hydrogen) atoms. The second-order valence-corrected chi connectivity index (χ2v) is 7.98. The van der Waals surface area contributed by atoms with E-state index >= 15 is 0 Å². The second-order valence-electron chi connectivity index (χ2n) is 7.98. The van der Waals surface area contributed by atoms with E-state index in [4.69, 9.17) is 10.2 Å². The fourth-order valence-electron chi connectivity index (χ4n) is 4.31. The molecule has 6 nitrogen and oxygen atoms in total. The molecule has 2 heterocycles. The standard InChI is InChI=1S/C24H23N3O3/c1-2-27-14-26-22-20(23(27)29)19(15-6-4-3-5-7-15)21(30-22)16-8-10-17(11-9-16)24(25)12-18(28)13-24/h3-11,14,18,28H,2,12-13,25H2,1H3/t18-,24-. The molecule has 4 aromatic rings. The van der Waals surface area contributed by atoms with Gasteiger partial charge in [-0.2, -0.15) is 0 Å². The SMILES string of the molecule is CCn1cnc2oc(-c3ccc([C@]4(N)C[C@H](O)C4)cc3)c(-c3ccccc3)c2c1=O. The third-order valence-corrected chi connectivity index (χ3v) is 6.00. The van der Waals surface area contributed by atoms with Gasteiger partial charge in [-0.05, 0) is 30.9 Å². The Kier molecular flexibility index (Phi) is 4.34. The predicted octanol–water partition coefficient (Wildman–Crippen LogP) is 3.65. The highest BCUT2D eigenvalue weighted by Crippen LogP contribution is 2.42. The molecule has 5 rings (SSSR count). The zero-order valence-electron chi connectivity index (χ0n) is 16.7. The normalized spacial score (nSPS) is 21.0. The molecule has 6 heteroatoms. The average Bonchev–Trinajstić information content (AvgIpc) is 3.14. The lowest BCUT2D eigenvalue weighted by atomic mass is 9.70. The Morgan fingerprint density at radius 2 is 1.83 bits per heavy atom. The zero-order valence-corrected chi connectivity index (χ0v) is 16.7. The summed E-state index contributed by atoms with van der Waals surface area (Å²) in [4.78, 5) is 17.5. The van der Waals surface area contributed by atoms with Gasteiger partial charge in [-0.25, -0.2) is 4.98 Å². The van der Waals surface area contributed by atoms with E-state index in [-0.39, 0.29) is 11.7 Å². The minimum atomic E-state index is -0.482. The number of aromatic nitrogens is 2. The number of rotatable bonds is 4. The van der Waals surface area contributed by atoms with E-state index in [9.17, 15) is 9.90 Å². The number of furan rings is 1. The lowest BCUT2D eigenvalue weighted by molar-refractivity contribution is 0.0209. The smallest absolute Gasteiger partial charge is 0.265 e. The van der Waals surface area contributed by atoms with Crippen LogP contribution in [0.4, 0.5) is 0 Å². The van der Waals surface area contributed by atoms with Crippen LogP contribution < -0.4 is 11.3 Å². The summed E-state index contributed by atoms with van der Waals surface area (Å²) in [7, 11) is 0. The Morgan fingerprint density at radius 1 is 1.13 bits per heavy atom. The van der Waals surface area contributed by atoms with Crippen molar-refractivity contribution < 1.29 is 9.52 Å². The van der Waals surface area contributed by atoms with E-state index < -0.39 is 5.54 Å². The van der Waals surface area contributed by atoms with Crippen LogP contribution in [0.2, 0.25) is 0 Å². The highest BCUT2D eigenvalue weighted by molar-refractivity contribution is 5.99. The molecule has 152 valence electrons. The van der Waals surface area contributed by atoms with Crippen molar-refractivity contribution in [3.05, 3.63) is 76.8 Å². The lowest BCUT2D eigenvalue weighted by Gasteiger charge is -2.42. The van der Waals surface area contributed by atoms with Gasteiger partial charge in [0.05, 0.1) is 6.10 Å². The monoisotopic (exact) mass is 401 g/mol. The van der Waals surface area contributed by atoms with E-state index in [0.29, 0.717) is 36.2 Å². The Labute approximate surface area is 173 Å². The number of aliphatic hydroxyl groups is 1. The zero-order chi connectivity index (χ0) is 20.9. The largest absolute Gasteiger partial charge is 0.437 e. The molecule has 3 N–H and O–H groups in total. The molecule has 0 aliphatic heterocycles. The van der Waals surface area contributed by atoms with Gasteiger partial charge in [0.25, 0.3) is 5.56 Å². The third kappa shape index (κ3) is 2.88. The molecule has 0 amide bonds. The summed E-state index contributed by atoms with van der Waals surface area (Å²) in [5, 5.41) is 10.1. The van der Waals surface area contributed by atoms with Crippen molar-refractivity contribution in [2.45, 2.75) is 38.0 Å². The molecular formula is C24H23N3O3. The summed E-state index contributed by atoms with van der Waals surface area (Å²) in [6.07, 6.45) is 2.32. The third-order valence-electron chi connectivity index (χ3n) is 6.00. The van der Waals surface area contributed by atoms with Gasteiger partial charge in [0.1, 0.15) is 17.5 Å². The Morgan fingerprint density at radius 3 is 2.47 bits per heavy atom. The first-order chi connectivity index (χ1) is 14.5. The van der Waals surface area contributed by atoms with Gasteiger partial charge < -0.3 is 15.3 Å². The van der Waals surface area contributed by atoms with Gasteiger partial charge in [-0.15, -0.1) is 0 Å². The van der Waals surface area contributed by atoms with Crippen LogP contribution in [0.5, 0.6) is 0 Å². The maximum atomic E-state index is 13.1. The molecule has 1 aliphatic rings. The van der Waals surface area contributed by atoms with Gasteiger partial charge in [0.2, 0.25) is 5.71 Å². The molecule has 1 fully saturated rings. The number of nitrogens with zero attached hydrogens (tertiary/aromatic N) is 2. The van der Waals surface area contributed by atoms with Crippen LogP contribution in [-0.4, -0.2) is 20.8 Å². The van der Waals surface area contributed by atoms with Crippen molar-refractivity contribution >= 4 is 11.1 Å². The fourth-order valence-corrected chi connectivity index (χ4v) is 4.31. The van der Waals surface area contributed by atoms with Crippen LogP contribution >= 0.6 is 0 Å². The van der Waals surface area contributed by atoms with E-state index in [0.717, 1.165) is 22.3 Å². The number of aryl methyl sites for hydroxylation is 1. The quantitative estimate of drug-likeness (QED) is 0.544. The summed E-state index contributed by atoms with van der Waals surface area (Å²) in [6, 6.07) is 17.6. The van der Waals surface area contributed by atoms with Gasteiger partial charge in [0.15, 0.2) is 0 Å². The van der Waals surface area contributed by atoms with E-state index in [1.54, 1.807) is 4.57 Å². The molecule has 0 radical (unpaired) electrons. The summed E-state index contributed by atoms with van der Waals surface area (Å²) < 4.78 is 7.69. The molecule has 2 aromatic heterocycles. The fraction of sp³-hybridized carbons (Fsp3) is 0.250. The summed E-state index contributed by atoms with van der Waals surface area (Å²) >= 11 is 0. The number of hydrogen-bond donors (Lipinski definition) is 2. The molecule has 1 aliphatic carbocycles. The van der Waals surface area contributed by atoms with Gasteiger partial charge in [-0.3, -0.25) is 9.36 Å². The molecule has 2 aromatic carbocycles. The van der Waals surface area contributed by atoms with Crippen molar-refractivity contribution in [3.8, 4) is 22.5 Å². The molecule has 1 saturated carbocycles. The summed E-state index contributed by atoms with van der Waals surface area (Å²) in [5.74, 6) is 0.612. The van der Waals surface area contributed by atoms with Crippen LogP contribution in [0.25, 0.3) is 33.6 Å². The number of aliphatic hydroxyl groups excluding tert-OH is 1. The van der Waals surface area contributed by atoms with Gasteiger partial charge in [-0.1, -0.05) is 54.6 Å². The number of fused-ring (bicyclic) bond motifs is 1. The summed E-state index contributed by atoms with van der Waals surface area (Å²) in [5.41, 5.74) is 9.63. The van der Waals surface area contributed by atoms with Crippen molar-refractivity contribution in [1.82, 2.24) is 9.55 Å². The van der Waals surface area contributed by atoms with Crippen molar-refractivity contribution in [2.24, 2.45) is 5.73 Å². The van der Waals surface area contributed by atoms with Crippen molar-refractivity contribution in [1.29, 1.82) is 0 Å². The first-order valence-electron chi connectivity index (χ1n) is 10.2. The van der Waals surface area contributed by atoms with E-state index in [1.165, 1.54) is 6.33 Å². The van der Waals surface area contributed by atoms with Gasteiger partial charge in [0, 0.05) is 23.2 Å². The second kappa shape index (κ2) is 6.93. The van der Waals surface area contributed by atoms with Crippen molar-refractivity contribution in [2.75, 3.05) is 0 Å².